The molecule has 10 nitrogen and oxygen atoms in total. The molecule has 0 unspecified atom stereocenters. The van der Waals surface area contributed by atoms with Crippen LogP contribution in [0.1, 0.15) is 79.1 Å². The average Bonchev–Trinajstić information content (AvgIpc) is 2.87. The van der Waals surface area contributed by atoms with Crippen molar-refractivity contribution < 1.29 is 38.1 Å². The Kier molecular flexibility index (Phi) is 19.4. The number of carbonyl (C=O) groups excluding carboxylic acids is 4. The molecule has 2 amide bonds. The lowest BCUT2D eigenvalue weighted by Crippen LogP contribution is -2.35. The molecular weight excluding hydrogens is 516 g/mol. The van der Waals surface area contributed by atoms with Gasteiger partial charge in [-0.25, -0.2) is 19.2 Å². The monoisotopic (exact) mass is 564 g/mol. The van der Waals surface area contributed by atoms with Crippen LogP contribution in [-0.2, 0) is 28.5 Å². The summed E-state index contributed by atoms with van der Waals surface area (Å²) in [5.41, 5.74) is 2.49. The van der Waals surface area contributed by atoms with Crippen molar-refractivity contribution in [2.24, 2.45) is 0 Å². The molecule has 0 fully saturated rings. The zero-order valence-corrected chi connectivity index (χ0v) is 24.7. The first-order valence-corrected chi connectivity index (χ1v) is 13.6. The number of rotatable bonds is 21. The van der Waals surface area contributed by atoms with E-state index in [0.717, 1.165) is 56.1 Å². The average molecular weight is 565 g/mol. The minimum atomic E-state index is -0.987. The van der Waals surface area contributed by atoms with Gasteiger partial charge in [0.05, 0.1) is 0 Å². The molecule has 226 valence electrons. The first-order chi connectivity index (χ1) is 18.8. The zero-order chi connectivity index (χ0) is 30.5. The van der Waals surface area contributed by atoms with E-state index in [1.165, 1.54) is 13.8 Å². The lowest BCUT2D eigenvalue weighted by molar-refractivity contribution is -0.147. The number of allylic oxidation sites excluding steroid dienone is 2. The normalized spacial score (nSPS) is 10.4. The Hall–Kier alpha value is -3.56. The summed E-state index contributed by atoms with van der Waals surface area (Å²) in [5.74, 6) is -1.29. The van der Waals surface area contributed by atoms with Gasteiger partial charge in [-0.05, 0) is 66.2 Å². The van der Waals surface area contributed by atoms with Gasteiger partial charge in [-0.1, -0.05) is 37.1 Å². The molecule has 0 aliphatic carbocycles. The highest BCUT2D eigenvalue weighted by Crippen LogP contribution is 2.15. The maximum atomic E-state index is 12.2. The van der Waals surface area contributed by atoms with Crippen molar-refractivity contribution in [3.05, 3.63) is 48.6 Å². The van der Waals surface area contributed by atoms with Crippen LogP contribution in [0.15, 0.2) is 48.6 Å². The minimum absolute atomic E-state index is 0.171. The van der Waals surface area contributed by atoms with Crippen LogP contribution in [0.5, 0.6) is 0 Å². The zero-order valence-electron chi connectivity index (χ0n) is 24.7. The maximum absolute atomic E-state index is 12.2. The standard InChI is InChI=1S/C30H48N2O8/c1-21(2)13-15-25(16-14-22(3)4)39-29(35)31-17-11-9-10-12-18-32-30(36)40-26(19-37-27(33)23(5)6)20-38-28(34)24(7)8/h25-26H,1,3,5,7,9-20H2,2,4,6,8H3,(H,31,35)(H,32,36). The third-order valence-corrected chi connectivity index (χ3v) is 5.47. The van der Waals surface area contributed by atoms with Crippen LogP contribution in [0.4, 0.5) is 9.59 Å². The molecule has 0 saturated heterocycles. The van der Waals surface area contributed by atoms with E-state index in [0.29, 0.717) is 19.5 Å². The summed E-state index contributed by atoms with van der Waals surface area (Å²) in [6.45, 7) is 22.0. The third-order valence-electron chi connectivity index (χ3n) is 5.47. The molecule has 0 aromatic rings. The van der Waals surface area contributed by atoms with E-state index >= 15 is 0 Å². The summed E-state index contributed by atoms with van der Waals surface area (Å²) in [7, 11) is 0. The van der Waals surface area contributed by atoms with Gasteiger partial charge >= 0.3 is 24.1 Å². The van der Waals surface area contributed by atoms with E-state index in [9.17, 15) is 19.2 Å². The van der Waals surface area contributed by atoms with E-state index in [2.05, 4.69) is 36.9 Å². The molecule has 0 bridgehead atoms. The highest BCUT2D eigenvalue weighted by atomic mass is 16.6. The van der Waals surface area contributed by atoms with Crippen LogP contribution >= 0.6 is 0 Å². The van der Waals surface area contributed by atoms with Crippen LogP contribution in [-0.4, -0.2) is 62.6 Å². The molecule has 0 spiro atoms. The van der Waals surface area contributed by atoms with Gasteiger partial charge in [0.1, 0.15) is 19.3 Å². The number of nitrogens with one attached hydrogen (secondary N) is 2. The molecular formula is C30H48N2O8. The highest BCUT2D eigenvalue weighted by Gasteiger charge is 2.20. The molecule has 0 saturated carbocycles. The highest BCUT2D eigenvalue weighted by molar-refractivity contribution is 5.87. The van der Waals surface area contributed by atoms with Gasteiger partial charge in [0, 0.05) is 24.2 Å². The Morgan fingerprint density at radius 1 is 0.600 bits per heavy atom. The van der Waals surface area contributed by atoms with Gasteiger partial charge < -0.3 is 29.6 Å². The Bertz CT molecular complexity index is 848. The Morgan fingerprint density at radius 3 is 1.32 bits per heavy atom. The van der Waals surface area contributed by atoms with Gasteiger partial charge in [0.15, 0.2) is 6.10 Å². The fourth-order valence-corrected chi connectivity index (χ4v) is 3.15. The molecule has 0 aliphatic heterocycles. The van der Waals surface area contributed by atoms with Crippen molar-refractivity contribution in [2.45, 2.75) is 91.3 Å². The first-order valence-electron chi connectivity index (χ1n) is 13.6. The Labute approximate surface area is 239 Å². The number of hydrogen-bond donors (Lipinski definition) is 2. The third kappa shape index (κ3) is 20.4. The Morgan fingerprint density at radius 2 is 0.975 bits per heavy atom. The molecule has 0 aromatic heterocycles. The molecule has 0 heterocycles. The van der Waals surface area contributed by atoms with Crippen molar-refractivity contribution in [3.63, 3.8) is 0 Å². The first kappa shape index (κ1) is 36.4. The number of unbranched alkanes of at least 4 members (excludes halogenated alkanes) is 3. The fourth-order valence-electron chi connectivity index (χ4n) is 3.15. The van der Waals surface area contributed by atoms with Gasteiger partial charge in [-0.15, -0.1) is 13.2 Å². The molecule has 0 radical (unpaired) electrons. The predicted octanol–water partition coefficient (Wildman–Crippen LogP) is 5.69. The maximum Gasteiger partial charge on any atom is 0.407 e. The van der Waals surface area contributed by atoms with Crippen molar-refractivity contribution >= 4 is 24.1 Å². The molecule has 0 rings (SSSR count). The summed E-state index contributed by atoms with van der Waals surface area (Å²) in [5, 5.41) is 5.42. The summed E-state index contributed by atoms with van der Waals surface area (Å²) in [4.78, 5) is 47.6. The molecule has 10 heteroatoms. The number of amides is 2. The largest absolute Gasteiger partial charge is 0.458 e. The molecule has 2 N–H and O–H groups in total. The summed E-state index contributed by atoms with van der Waals surface area (Å²) >= 11 is 0. The van der Waals surface area contributed by atoms with Crippen molar-refractivity contribution in [2.75, 3.05) is 26.3 Å². The summed E-state index contributed by atoms with van der Waals surface area (Å²) in [6.07, 6.45) is 3.94. The Balaban J connectivity index is 4.25. The van der Waals surface area contributed by atoms with Crippen molar-refractivity contribution in [1.82, 2.24) is 10.6 Å². The van der Waals surface area contributed by atoms with Gasteiger partial charge in [-0.2, -0.15) is 0 Å². The number of ether oxygens (including phenoxy) is 4. The SMILES string of the molecule is C=C(C)CCC(CCC(=C)C)OC(=O)NCCCCCCNC(=O)OC(COC(=O)C(=C)C)COC(=O)C(=C)C. The van der Waals surface area contributed by atoms with Crippen LogP contribution in [0.2, 0.25) is 0 Å². The molecule has 40 heavy (non-hydrogen) atoms. The van der Waals surface area contributed by atoms with Crippen molar-refractivity contribution in [3.8, 4) is 0 Å². The van der Waals surface area contributed by atoms with Crippen LogP contribution in [0, 0.1) is 0 Å². The minimum Gasteiger partial charge on any atom is -0.458 e. The molecule has 0 aromatic carbocycles. The predicted molar refractivity (Wildman–Crippen MR) is 155 cm³/mol. The topological polar surface area (TPSA) is 129 Å². The second kappa shape index (κ2) is 21.3. The molecule has 0 atom stereocenters. The smallest absolute Gasteiger partial charge is 0.407 e. The van der Waals surface area contributed by atoms with Crippen LogP contribution < -0.4 is 10.6 Å². The second-order valence-electron chi connectivity index (χ2n) is 10.1. The fraction of sp³-hybridized carbons (Fsp3) is 0.600. The van der Waals surface area contributed by atoms with Crippen molar-refractivity contribution in [1.29, 1.82) is 0 Å². The van der Waals surface area contributed by atoms with E-state index in [-0.39, 0.29) is 30.5 Å². The van der Waals surface area contributed by atoms with Gasteiger partial charge in [-0.3, -0.25) is 0 Å². The van der Waals surface area contributed by atoms with Gasteiger partial charge in [0.2, 0.25) is 0 Å². The number of alkyl carbamates (subject to hydrolysis) is 2. The lowest BCUT2D eigenvalue weighted by Gasteiger charge is -2.18. The number of hydrogen-bond acceptors (Lipinski definition) is 8. The van der Waals surface area contributed by atoms with Gasteiger partial charge in [0.25, 0.3) is 0 Å². The second-order valence-corrected chi connectivity index (χ2v) is 10.1. The van der Waals surface area contributed by atoms with E-state index in [1.54, 1.807) is 0 Å². The van der Waals surface area contributed by atoms with E-state index in [4.69, 9.17) is 18.9 Å². The van der Waals surface area contributed by atoms with E-state index in [1.807, 2.05) is 13.8 Å². The number of carbonyl (C=O) groups is 4. The summed E-state index contributed by atoms with van der Waals surface area (Å²) in [6, 6.07) is 0. The molecule has 0 aliphatic rings. The lowest BCUT2D eigenvalue weighted by atomic mass is 10.0. The van der Waals surface area contributed by atoms with Crippen LogP contribution in [0.3, 0.4) is 0 Å². The van der Waals surface area contributed by atoms with E-state index < -0.39 is 30.2 Å². The van der Waals surface area contributed by atoms with Crippen LogP contribution in [0.25, 0.3) is 0 Å². The quantitative estimate of drug-likeness (QED) is 0.0598. The summed E-state index contributed by atoms with van der Waals surface area (Å²) < 4.78 is 20.9. The number of esters is 2.